The fourth-order valence-corrected chi connectivity index (χ4v) is 6.44. The van der Waals surface area contributed by atoms with Gasteiger partial charge in [0.2, 0.25) is 21.9 Å². The van der Waals surface area contributed by atoms with Crippen molar-refractivity contribution < 1.29 is 23.1 Å². The Kier molecular flexibility index (Phi) is 8.44. The largest absolute Gasteiger partial charge is 0.465 e. The molecule has 1 amide bonds. The Labute approximate surface area is 245 Å². The monoisotopic (exact) mass is 590 g/mol. The van der Waals surface area contributed by atoms with E-state index in [4.69, 9.17) is 9.72 Å². The number of fused-ring (bicyclic) bond motifs is 1. The van der Waals surface area contributed by atoms with E-state index < -0.39 is 16.1 Å². The number of likely N-dealkylation sites (tertiary alicyclic amines) is 1. The van der Waals surface area contributed by atoms with Gasteiger partial charge in [0.25, 0.3) is 0 Å². The van der Waals surface area contributed by atoms with Gasteiger partial charge in [-0.05, 0) is 55.5 Å². The van der Waals surface area contributed by atoms with Gasteiger partial charge in [-0.1, -0.05) is 38.1 Å². The third-order valence-electron chi connectivity index (χ3n) is 7.11. The normalized spacial score (nSPS) is 17.2. The lowest BCUT2D eigenvalue weighted by Gasteiger charge is -2.35. The van der Waals surface area contributed by atoms with Crippen LogP contribution in [0, 0.1) is 12.8 Å². The van der Waals surface area contributed by atoms with Gasteiger partial charge in [-0.15, -0.1) is 0 Å². The molecule has 1 fully saturated rings. The zero-order valence-electron chi connectivity index (χ0n) is 23.7. The zero-order valence-corrected chi connectivity index (χ0v) is 24.6. The lowest BCUT2D eigenvalue weighted by molar-refractivity contribution is 0.119. The molecule has 3 N–H and O–H groups in total. The first-order chi connectivity index (χ1) is 20.1. The summed E-state index contributed by atoms with van der Waals surface area (Å²) in [6, 6.07) is 14.5. The zero-order chi connectivity index (χ0) is 29.9. The average Bonchev–Trinajstić information content (AvgIpc) is 2.94. The minimum absolute atomic E-state index is 0.0310. The van der Waals surface area contributed by atoms with Gasteiger partial charge in [-0.2, -0.15) is 0 Å². The molecular weight excluding hydrogens is 556 g/mol. The smallest absolute Gasteiger partial charge is 0.407 e. The van der Waals surface area contributed by atoms with Crippen molar-refractivity contribution in [1.29, 1.82) is 0 Å². The van der Waals surface area contributed by atoms with E-state index in [0.717, 1.165) is 17.4 Å². The van der Waals surface area contributed by atoms with Crippen LogP contribution in [0.4, 0.5) is 16.4 Å². The molecule has 42 heavy (non-hydrogen) atoms. The van der Waals surface area contributed by atoms with E-state index in [-0.39, 0.29) is 17.7 Å². The summed E-state index contributed by atoms with van der Waals surface area (Å²) in [5.41, 5.74) is 2.56. The standard InChI is InChI=1S/C30H34N6O5S/c1-4-15-42(39,40)35-26-9-5-7-23-22(26)11-10-20(3)27(23)41-28-24(8-6-13-31-28)25-12-14-32-29(34-25)33-21-16-19(2)17-36(18-21)30(37)38/h5-14,19,21,35H,4,15-18H2,1-3H3,(H,37,38)(H,32,33,34). The number of hydrogen-bond donors (Lipinski definition) is 3. The van der Waals surface area contributed by atoms with E-state index in [1.54, 1.807) is 36.7 Å². The van der Waals surface area contributed by atoms with Crippen molar-refractivity contribution in [1.82, 2.24) is 19.9 Å². The molecule has 4 aromatic rings. The molecule has 1 saturated heterocycles. The molecule has 2 aromatic heterocycles. The van der Waals surface area contributed by atoms with Gasteiger partial charge >= 0.3 is 6.09 Å². The van der Waals surface area contributed by atoms with Gasteiger partial charge in [0.05, 0.1) is 22.7 Å². The van der Waals surface area contributed by atoms with Crippen LogP contribution in [-0.2, 0) is 10.0 Å². The Morgan fingerprint density at radius 1 is 1.07 bits per heavy atom. The van der Waals surface area contributed by atoms with E-state index >= 15 is 0 Å². The van der Waals surface area contributed by atoms with E-state index in [1.807, 2.05) is 45.0 Å². The van der Waals surface area contributed by atoms with Crippen LogP contribution < -0.4 is 14.8 Å². The van der Waals surface area contributed by atoms with Crippen LogP contribution in [0.1, 0.15) is 32.3 Å². The molecule has 2 unspecified atom stereocenters. The van der Waals surface area contributed by atoms with Crippen LogP contribution in [0.25, 0.3) is 22.0 Å². The maximum absolute atomic E-state index is 12.5. The van der Waals surface area contributed by atoms with Crippen LogP contribution in [0.2, 0.25) is 0 Å². The summed E-state index contributed by atoms with van der Waals surface area (Å²) in [5.74, 6) is 1.51. The highest BCUT2D eigenvalue weighted by atomic mass is 32.2. The van der Waals surface area contributed by atoms with Gasteiger partial charge in [0.15, 0.2) is 0 Å². The van der Waals surface area contributed by atoms with Crippen molar-refractivity contribution in [2.75, 3.05) is 28.9 Å². The topological polar surface area (TPSA) is 147 Å². The summed E-state index contributed by atoms with van der Waals surface area (Å²) in [5, 5.41) is 14.2. The molecule has 0 aliphatic carbocycles. The molecule has 3 heterocycles. The number of hydrogen-bond acceptors (Lipinski definition) is 8. The molecule has 2 atom stereocenters. The summed E-state index contributed by atoms with van der Waals surface area (Å²) < 4.78 is 34.2. The number of ether oxygens (including phenoxy) is 1. The predicted molar refractivity (Wildman–Crippen MR) is 163 cm³/mol. The maximum Gasteiger partial charge on any atom is 0.407 e. The van der Waals surface area contributed by atoms with Crippen molar-refractivity contribution in [3.63, 3.8) is 0 Å². The predicted octanol–water partition coefficient (Wildman–Crippen LogP) is 5.74. The molecule has 0 spiro atoms. The number of rotatable bonds is 9. The second-order valence-corrected chi connectivity index (χ2v) is 12.5. The second-order valence-electron chi connectivity index (χ2n) is 10.6. The highest BCUT2D eigenvalue weighted by molar-refractivity contribution is 7.92. The van der Waals surface area contributed by atoms with Crippen LogP contribution in [0.15, 0.2) is 60.9 Å². The molecular formula is C30H34N6O5S. The molecule has 12 heteroatoms. The summed E-state index contributed by atoms with van der Waals surface area (Å²) in [4.78, 5) is 26.5. The van der Waals surface area contributed by atoms with Gasteiger partial charge in [0.1, 0.15) is 5.75 Å². The Morgan fingerprint density at radius 2 is 1.90 bits per heavy atom. The van der Waals surface area contributed by atoms with E-state index in [0.29, 0.717) is 59.4 Å². The summed E-state index contributed by atoms with van der Waals surface area (Å²) in [7, 11) is -3.48. The number of aromatic nitrogens is 3. The third kappa shape index (κ3) is 6.54. The Balaban J connectivity index is 1.45. The Hall–Kier alpha value is -4.45. The fraction of sp³-hybridized carbons (Fsp3) is 0.333. The lowest BCUT2D eigenvalue weighted by Crippen LogP contribution is -2.47. The molecule has 0 bridgehead atoms. The number of amides is 1. The molecule has 220 valence electrons. The maximum atomic E-state index is 12.5. The third-order valence-corrected chi connectivity index (χ3v) is 8.59. The van der Waals surface area contributed by atoms with Crippen molar-refractivity contribution in [2.45, 2.75) is 39.7 Å². The van der Waals surface area contributed by atoms with Gasteiger partial charge in [0, 0.05) is 42.3 Å². The minimum atomic E-state index is -3.48. The quantitative estimate of drug-likeness (QED) is 0.222. The SMILES string of the molecule is CCCS(=O)(=O)Nc1cccc2c(Oc3ncccc3-c3ccnc(NC4CC(C)CN(C(=O)O)C4)n3)c(C)ccc12. The van der Waals surface area contributed by atoms with E-state index in [9.17, 15) is 18.3 Å². The lowest BCUT2D eigenvalue weighted by atomic mass is 9.96. The Bertz CT molecular complexity index is 1710. The van der Waals surface area contributed by atoms with Crippen molar-refractivity contribution in [2.24, 2.45) is 5.92 Å². The average molecular weight is 591 g/mol. The summed E-state index contributed by atoms with van der Waals surface area (Å²) in [6.07, 6.45) is 3.65. The number of sulfonamides is 1. The number of nitrogens with one attached hydrogen (secondary N) is 2. The second kappa shape index (κ2) is 12.2. The number of aryl methyl sites for hydroxylation is 1. The van der Waals surface area contributed by atoms with Crippen molar-refractivity contribution >= 4 is 38.5 Å². The first kappa shape index (κ1) is 29.1. The number of carbonyl (C=O) groups is 1. The van der Waals surface area contributed by atoms with Crippen molar-refractivity contribution in [3.8, 4) is 22.9 Å². The van der Waals surface area contributed by atoms with Gasteiger partial charge in [-0.25, -0.2) is 28.2 Å². The molecule has 0 saturated carbocycles. The summed E-state index contributed by atoms with van der Waals surface area (Å²) in [6.45, 7) is 6.63. The number of pyridine rings is 1. The molecule has 1 aliphatic rings. The van der Waals surface area contributed by atoms with Crippen LogP contribution in [0.5, 0.6) is 11.6 Å². The summed E-state index contributed by atoms with van der Waals surface area (Å²) >= 11 is 0. The Morgan fingerprint density at radius 3 is 2.69 bits per heavy atom. The molecule has 2 aromatic carbocycles. The first-order valence-corrected chi connectivity index (χ1v) is 15.5. The van der Waals surface area contributed by atoms with Crippen LogP contribution in [-0.4, -0.2) is 64.4 Å². The van der Waals surface area contributed by atoms with E-state index in [1.165, 1.54) is 4.90 Å². The van der Waals surface area contributed by atoms with E-state index in [2.05, 4.69) is 20.0 Å². The molecule has 5 rings (SSSR count). The van der Waals surface area contributed by atoms with Crippen molar-refractivity contribution in [3.05, 3.63) is 66.5 Å². The number of piperidine rings is 1. The number of anilines is 2. The first-order valence-electron chi connectivity index (χ1n) is 13.9. The molecule has 1 aliphatic heterocycles. The number of benzene rings is 2. The molecule has 11 nitrogen and oxygen atoms in total. The highest BCUT2D eigenvalue weighted by Crippen LogP contribution is 2.39. The van der Waals surface area contributed by atoms with Crippen LogP contribution in [0.3, 0.4) is 0 Å². The van der Waals surface area contributed by atoms with Crippen LogP contribution >= 0.6 is 0 Å². The van der Waals surface area contributed by atoms with Gasteiger partial charge < -0.3 is 20.1 Å². The number of carboxylic acid groups (broad SMARTS) is 1. The number of nitrogens with zero attached hydrogens (tertiary/aromatic N) is 4. The molecule has 0 radical (unpaired) electrons. The minimum Gasteiger partial charge on any atom is -0.465 e. The fourth-order valence-electron chi connectivity index (χ4n) is 5.29. The van der Waals surface area contributed by atoms with Gasteiger partial charge in [-0.3, -0.25) is 4.72 Å². The highest BCUT2D eigenvalue weighted by Gasteiger charge is 2.28.